The van der Waals surface area contributed by atoms with Crippen LogP contribution in [0.4, 0.5) is 5.69 Å². The normalized spacial score (nSPS) is 14.5. The number of carbonyl (C=O) groups is 1. The Morgan fingerprint density at radius 3 is 2.48 bits per heavy atom. The Labute approximate surface area is 257 Å². The van der Waals surface area contributed by atoms with Crippen molar-refractivity contribution in [2.45, 2.75) is 45.4 Å². The molecule has 1 amide bonds. The molecule has 10 heteroatoms. The number of rotatable bonds is 11. The van der Waals surface area contributed by atoms with Crippen LogP contribution in [0.1, 0.15) is 56.0 Å². The first-order valence-corrected chi connectivity index (χ1v) is 16.2. The number of nitrogens with one attached hydrogen (secondary N) is 1. The molecule has 2 heterocycles. The van der Waals surface area contributed by atoms with Gasteiger partial charge < -0.3 is 4.57 Å². The van der Waals surface area contributed by atoms with E-state index in [-0.39, 0.29) is 6.54 Å². The first kappa shape index (κ1) is 29.9. The van der Waals surface area contributed by atoms with Crippen LogP contribution in [-0.2, 0) is 21.4 Å². The summed E-state index contributed by atoms with van der Waals surface area (Å²) in [5, 5.41) is 1.01. The molecule has 4 aromatic rings. The Morgan fingerprint density at radius 1 is 0.976 bits per heavy atom. The van der Waals surface area contributed by atoms with Gasteiger partial charge in [-0.1, -0.05) is 91.9 Å². The maximum Gasteiger partial charge on any atom is 0.326 e. The van der Waals surface area contributed by atoms with Crippen LogP contribution in [0.2, 0.25) is 10.0 Å². The molecule has 0 atom stereocenters. The molecule has 0 radical (unpaired) electrons. The molecule has 0 spiro atoms. The van der Waals surface area contributed by atoms with Gasteiger partial charge in [-0.2, -0.15) is 8.42 Å². The molecule has 42 heavy (non-hydrogen) atoms. The van der Waals surface area contributed by atoms with Crippen molar-refractivity contribution >= 4 is 51.1 Å². The van der Waals surface area contributed by atoms with Crippen LogP contribution in [0.15, 0.2) is 79.0 Å². The molecule has 0 aliphatic carbocycles. The molecule has 0 saturated carbocycles. The van der Waals surface area contributed by atoms with E-state index in [9.17, 15) is 13.2 Å². The van der Waals surface area contributed by atoms with E-state index in [4.69, 9.17) is 28.2 Å². The molecule has 1 aliphatic rings. The second-order valence-corrected chi connectivity index (χ2v) is 12.7. The minimum absolute atomic E-state index is 0.270. The predicted octanol–water partition coefficient (Wildman–Crippen LogP) is 7.60. The molecule has 1 fully saturated rings. The SMILES string of the molecule is CCCCCC/C=C/c1ccc(Cc2nc(-c3ccc(Cl)cc3Cl)cn2-c2cccc(N3CC(=O)NS3(=O)=O)c2)cc1. The zero-order valence-electron chi connectivity index (χ0n) is 23.3. The molecule has 218 valence electrons. The molecule has 7 nitrogen and oxygen atoms in total. The molecule has 5 rings (SSSR count). The number of nitrogens with zero attached hydrogens (tertiary/aromatic N) is 3. The third kappa shape index (κ3) is 7.06. The highest BCUT2D eigenvalue weighted by molar-refractivity contribution is 7.92. The highest BCUT2D eigenvalue weighted by Gasteiger charge is 2.34. The van der Waals surface area contributed by atoms with Crippen molar-refractivity contribution < 1.29 is 13.2 Å². The Balaban J connectivity index is 1.45. The van der Waals surface area contributed by atoms with Crippen molar-refractivity contribution in [2.24, 2.45) is 0 Å². The first-order valence-electron chi connectivity index (χ1n) is 14.0. The largest absolute Gasteiger partial charge is 0.326 e. The van der Waals surface area contributed by atoms with Crippen molar-refractivity contribution in [1.82, 2.24) is 14.3 Å². The van der Waals surface area contributed by atoms with Gasteiger partial charge in [-0.15, -0.1) is 0 Å². The number of imidazole rings is 1. The van der Waals surface area contributed by atoms with Crippen LogP contribution in [0.25, 0.3) is 23.0 Å². The fourth-order valence-corrected chi connectivity index (χ4v) is 6.55. The zero-order valence-corrected chi connectivity index (χ0v) is 25.6. The summed E-state index contributed by atoms with van der Waals surface area (Å²) >= 11 is 12.7. The van der Waals surface area contributed by atoms with Crippen LogP contribution in [-0.4, -0.2) is 30.4 Å². The van der Waals surface area contributed by atoms with Crippen molar-refractivity contribution in [3.05, 3.63) is 106 Å². The van der Waals surface area contributed by atoms with Crippen molar-refractivity contribution in [2.75, 3.05) is 10.8 Å². The van der Waals surface area contributed by atoms with E-state index in [2.05, 4.69) is 43.3 Å². The minimum Gasteiger partial charge on any atom is -0.303 e. The van der Waals surface area contributed by atoms with Gasteiger partial charge in [0.2, 0.25) is 0 Å². The summed E-state index contributed by atoms with van der Waals surface area (Å²) in [6.45, 7) is 1.95. The van der Waals surface area contributed by atoms with Gasteiger partial charge >= 0.3 is 10.2 Å². The highest BCUT2D eigenvalue weighted by atomic mass is 35.5. The molecule has 3 aromatic carbocycles. The van der Waals surface area contributed by atoms with Crippen LogP contribution in [0, 0.1) is 0 Å². The standard InChI is InChI=1S/C32H32Cl2N4O3S/c1-2-3-4-5-6-7-9-23-12-14-24(15-13-23)18-31-35-30(28-17-16-25(33)19-29(28)34)21-37(31)26-10-8-11-27(20-26)38-22-32(39)36-42(38,40)41/h7-17,19-21H,2-6,18,22H2,1H3,(H,36,39)/b9-7+. The van der Waals surface area contributed by atoms with Crippen molar-refractivity contribution in [1.29, 1.82) is 0 Å². The van der Waals surface area contributed by atoms with Gasteiger partial charge in [0.25, 0.3) is 5.91 Å². The number of allylic oxidation sites excluding steroid dienone is 1. The quantitative estimate of drug-likeness (QED) is 0.175. The number of hydrogen-bond acceptors (Lipinski definition) is 4. The van der Waals surface area contributed by atoms with E-state index in [1.165, 1.54) is 25.7 Å². The molecule has 0 bridgehead atoms. The van der Waals surface area contributed by atoms with E-state index < -0.39 is 16.1 Å². The summed E-state index contributed by atoms with van der Waals surface area (Å²) in [6, 6.07) is 20.7. The number of benzene rings is 3. The van der Waals surface area contributed by atoms with Gasteiger partial charge in [0.05, 0.1) is 16.4 Å². The second kappa shape index (κ2) is 13.2. The lowest BCUT2D eigenvalue weighted by Gasteiger charge is -2.16. The molecule has 0 unspecified atom stereocenters. The minimum atomic E-state index is -3.94. The van der Waals surface area contributed by atoms with Crippen molar-refractivity contribution in [3.8, 4) is 16.9 Å². The van der Waals surface area contributed by atoms with Gasteiger partial charge in [0.15, 0.2) is 0 Å². The van der Waals surface area contributed by atoms with Crippen LogP contribution in [0.3, 0.4) is 0 Å². The average molecular weight is 624 g/mol. The highest BCUT2D eigenvalue weighted by Crippen LogP contribution is 2.32. The topological polar surface area (TPSA) is 84.3 Å². The number of aromatic nitrogens is 2. The van der Waals surface area contributed by atoms with Crippen molar-refractivity contribution in [3.63, 3.8) is 0 Å². The third-order valence-electron chi connectivity index (χ3n) is 7.08. The second-order valence-electron chi connectivity index (χ2n) is 10.3. The summed E-state index contributed by atoms with van der Waals surface area (Å²) in [6.07, 6.45) is 12.9. The van der Waals surface area contributed by atoms with Gasteiger partial charge in [-0.05, 0) is 60.4 Å². The maximum absolute atomic E-state index is 12.5. The van der Waals surface area contributed by atoms with E-state index in [1.807, 2.05) is 27.6 Å². The monoisotopic (exact) mass is 622 g/mol. The van der Waals surface area contributed by atoms with Gasteiger partial charge in [0, 0.05) is 28.9 Å². The lowest BCUT2D eigenvalue weighted by Crippen LogP contribution is -2.29. The van der Waals surface area contributed by atoms with Crippen LogP contribution >= 0.6 is 23.2 Å². The Bertz CT molecular complexity index is 1720. The summed E-state index contributed by atoms with van der Waals surface area (Å²) in [5.74, 6) is 0.170. The fraction of sp³-hybridized carbons (Fsp3) is 0.250. The molecule has 1 aromatic heterocycles. The van der Waals surface area contributed by atoms with Crippen LogP contribution in [0.5, 0.6) is 0 Å². The van der Waals surface area contributed by atoms with E-state index in [1.54, 1.807) is 30.3 Å². The molecule has 1 aliphatic heterocycles. The van der Waals surface area contributed by atoms with Gasteiger partial charge in [-0.25, -0.2) is 14.0 Å². The first-order chi connectivity index (χ1) is 20.2. The molecule has 1 N–H and O–H groups in total. The lowest BCUT2D eigenvalue weighted by atomic mass is 10.1. The summed E-state index contributed by atoms with van der Waals surface area (Å²) < 4.78 is 30.0. The number of unbranched alkanes of at least 4 members (excludes halogenated alkanes) is 4. The number of hydrogen-bond donors (Lipinski definition) is 1. The number of amides is 1. The predicted molar refractivity (Wildman–Crippen MR) is 170 cm³/mol. The molecular formula is C32H32Cl2N4O3S. The number of halogens is 2. The number of anilines is 1. The summed E-state index contributed by atoms with van der Waals surface area (Å²) in [7, 11) is -3.94. The fourth-order valence-electron chi connectivity index (χ4n) is 4.91. The maximum atomic E-state index is 12.5. The van der Waals surface area contributed by atoms with E-state index >= 15 is 0 Å². The Hall–Kier alpha value is -3.59. The van der Waals surface area contributed by atoms with Gasteiger partial charge in [-0.3, -0.25) is 4.79 Å². The van der Waals surface area contributed by atoms with E-state index in [0.717, 1.165) is 33.2 Å². The Morgan fingerprint density at radius 2 is 1.76 bits per heavy atom. The Kier molecular flexibility index (Phi) is 9.36. The third-order valence-corrected chi connectivity index (χ3v) is 9.03. The van der Waals surface area contributed by atoms with E-state index in [0.29, 0.717) is 33.5 Å². The van der Waals surface area contributed by atoms with Crippen LogP contribution < -0.4 is 9.03 Å². The van der Waals surface area contributed by atoms with Gasteiger partial charge in [0.1, 0.15) is 12.4 Å². The summed E-state index contributed by atoms with van der Waals surface area (Å²) in [4.78, 5) is 16.8. The average Bonchev–Trinajstić information content (AvgIpc) is 3.50. The molecule has 1 saturated heterocycles. The molecular weight excluding hydrogens is 591 g/mol. The lowest BCUT2D eigenvalue weighted by molar-refractivity contribution is -0.117. The zero-order chi connectivity index (χ0) is 29.7. The smallest absolute Gasteiger partial charge is 0.303 e. The summed E-state index contributed by atoms with van der Waals surface area (Å²) in [5.41, 5.74) is 4.68. The number of carbonyl (C=O) groups excluding carboxylic acids is 1.